The van der Waals surface area contributed by atoms with E-state index < -0.39 is 18.1 Å². The number of alkyl halides is 2. The predicted molar refractivity (Wildman–Crippen MR) is 95.9 cm³/mol. The van der Waals surface area contributed by atoms with Crippen LogP contribution in [-0.2, 0) is 10.3 Å². The van der Waals surface area contributed by atoms with Crippen LogP contribution in [-0.4, -0.2) is 25.2 Å². The third-order valence-corrected chi connectivity index (χ3v) is 5.05. The molecule has 2 heterocycles. The summed E-state index contributed by atoms with van der Waals surface area (Å²) in [7, 11) is 0. The van der Waals surface area contributed by atoms with Crippen molar-refractivity contribution in [3.8, 4) is 16.9 Å². The molecule has 0 amide bonds. The van der Waals surface area contributed by atoms with E-state index in [1.54, 1.807) is 18.2 Å². The molecule has 26 heavy (non-hydrogen) atoms. The fraction of sp³-hybridized carbons (Fsp3) is 0.316. The minimum Gasteiger partial charge on any atom is -0.493 e. The maximum absolute atomic E-state index is 14.9. The lowest BCUT2D eigenvalue weighted by atomic mass is 9.78. The Morgan fingerprint density at radius 1 is 1.12 bits per heavy atom. The van der Waals surface area contributed by atoms with E-state index in [4.69, 9.17) is 26.8 Å². The highest BCUT2D eigenvalue weighted by Crippen LogP contribution is 2.52. The number of amidine groups is 1. The van der Waals surface area contributed by atoms with Gasteiger partial charge in [0.05, 0.1) is 6.61 Å². The van der Waals surface area contributed by atoms with Crippen molar-refractivity contribution >= 4 is 17.6 Å². The summed E-state index contributed by atoms with van der Waals surface area (Å²) in [5.41, 5.74) is 6.75. The minimum absolute atomic E-state index is 0.0229. The Labute approximate surface area is 154 Å². The van der Waals surface area contributed by atoms with Crippen LogP contribution < -0.4 is 10.5 Å². The molecule has 0 saturated heterocycles. The van der Waals surface area contributed by atoms with Gasteiger partial charge in [-0.25, -0.2) is 4.99 Å². The molecule has 7 heteroatoms. The van der Waals surface area contributed by atoms with Gasteiger partial charge in [-0.3, -0.25) is 0 Å². The van der Waals surface area contributed by atoms with Crippen LogP contribution in [0.3, 0.4) is 0 Å². The summed E-state index contributed by atoms with van der Waals surface area (Å²) in [6.07, 6.45) is 0.0229. The van der Waals surface area contributed by atoms with Gasteiger partial charge in [0.1, 0.15) is 5.75 Å². The summed E-state index contributed by atoms with van der Waals surface area (Å²) in [5.74, 6) is -2.81. The highest BCUT2D eigenvalue weighted by Gasteiger charge is 2.60. The van der Waals surface area contributed by atoms with Crippen LogP contribution in [0.5, 0.6) is 5.75 Å². The lowest BCUT2D eigenvalue weighted by Gasteiger charge is -2.43. The first-order valence-electron chi connectivity index (χ1n) is 8.22. The number of ether oxygens (including phenoxy) is 2. The van der Waals surface area contributed by atoms with Crippen molar-refractivity contribution in [1.82, 2.24) is 0 Å². The van der Waals surface area contributed by atoms with Gasteiger partial charge in [-0.2, -0.15) is 8.78 Å². The van der Waals surface area contributed by atoms with Gasteiger partial charge in [0.2, 0.25) is 0 Å². The molecule has 0 unspecified atom stereocenters. The van der Waals surface area contributed by atoms with E-state index in [9.17, 15) is 8.78 Å². The molecule has 2 aromatic rings. The Bertz CT molecular complexity index is 896. The average molecular weight is 379 g/mol. The zero-order chi connectivity index (χ0) is 18.5. The molecular weight excluding hydrogens is 362 g/mol. The van der Waals surface area contributed by atoms with Crippen molar-refractivity contribution in [2.45, 2.75) is 24.8 Å². The third kappa shape index (κ3) is 2.60. The fourth-order valence-corrected chi connectivity index (χ4v) is 3.88. The van der Waals surface area contributed by atoms with Gasteiger partial charge in [0.25, 0.3) is 6.02 Å². The first kappa shape index (κ1) is 17.1. The molecule has 0 fully saturated rings. The van der Waals surface area contributed by atoms with Crippen LogP contribution in [0.4, 0.5) is 8.78 Å². The molecule has 2 N–H and O–H groups in total. The second-order valence-electron chi connectivity index (χ2n) is 6.63. The van der Waals surface area contributed by atoms with Crippen LogP contribution in [0.25, 0.3) is 11.1 Å². The minimum atomic E-state index is -3.20. The van der Waals surface area contributed by atoms with E-state index >= 15 is 0 Å². The van der Waals surface area contributed by atoms with Gasteiger partial charge in [-0.1, -0.05) is 23.7 Å². The third-order valence-electron chi connectivity index (χ3n) is 4.83. The molecular formula is C19H17ClF2N2O2. The van der Waals surface area contributed by atoms with E-state index in [1.807, 2.05) is 25.1 Å². The summed E-state index contributed by atoms with van der Waals surface area (Å²) in [5, 5.41) is 0.586. The Hall–Kier alpha value is -2.34. The maximum Gasteiger partial charge on any atom is 0.310 e. The van der Waals surface area contributed by atoms with E-state index in [2.05, 4.69) is 4.99 Å². The molecule has 136 valence electrons. The number of nitrogens with zero attached hydrogens (tertiary/aromatic N) is 1. The number of hydrogen-bond acceptors (Lipinski definition) is 4. The smallest absolute Gasteiger partial charge is 0.310 e. The summed E-state index contributed by atoms with van der Waals surface area (Å²) in [6.45, 7) is 1.26. The van der Waals surface area contributed by atoms with Gasteiger partial charge in [-0.05, 0) is 47.9 Å². The molecule has 1 spiro atoms. The Balaban J connectivity index is 1.92. The number of aliphatic imine (C=N–C) groups is 1. The molecule has 4 rings (SSSR count). The molecule has 4 nitrogen and oxygen atoms in total. The topological polar surface area (TPSA) is 56.8 Å². The average Bonchev–Trinajstić information content (AvgIpc) is 2.58. The molecule has 0 saturated carbocycles. The molecule has 0 bridgehead atoms. The number of fused-ring (bicyclic) bond motifs is 2. The zero-order valence-electron chi connectivity index (χ0n) is 14.1. The highest BCUT2D eigenvalue weighted by atomic mass is 35.5. The van der Waals surface area contributed by atoms with Crippen molar-refractivity contribution in [3.63, 3.8) is 0 Å². The number of rotatable bonds is 1. The maximum atomic E-state index is 14.9. The molecule has 2 aliphatic rings. The SMILES string of the molecule is Cc1cc(Cl)cc(-c2ccc3c(c2)[C@@]2(CCO3)N=C(N)OCC2(F)F)c1. The van der Waals surface area contributed by atoms with Crippen molar-refractivity contribution in [1.29, 1.82) is 0 Å². The van der Waals surface area contributed by atoms with Crippen molar-refractivity contribution in [3.05, 3.63) is 52.5 Å². The standard InChI is InChI=1S/C19H17ClF2N2O2/c1-11-6-13(8-14(20)7-11)12-2-3-16-15(9-12)18(4-5-25-16)19(21,22)10-26-17(23)24-18/h2-3,6-9H,4-5,10H2,1H3,(H2,23,24)/t18-/m1/s1. The number of nitrogens with two attached hydrogens (primary N) is 1. The number of benzene rings is 2. The Morgan fingerprint density at radius 2 is 1.92 bits per heavy atom. The molecule has 2 aliphatic heterocycles. The quantitative estimate of drug-likeness (QED) is 0.806. The van der Waals surface area contributed by atoms with E-state index in [1.165, 1.54) is 0 Å². The summed E-state index contributed by atoms with van der Waals surface area (Å²) in [4.78, 5) is 4.05. The van der Waals surface area contributed by atoms with Gasteiger partial charge in [0.15, 0.2) is 12.1 Å². The molecule has 0 aromatic heterocycles. The van der Waals surface area contributed by atoms with Gasteiger partial charge in [-0.15, -0.1) is 0 Å². The van der Waals surface area contributed by atoms with Gasteiger partial charge in [0, 0.05) is 17.0 Å². The van der Waals surface area contributed by atoms with Crippen molar-refractivity contribution in [2.75, 3.05) is 13.2 Å². The monoisotopic (exact) mass is 378 g/mol. The second kappa shape index (κ2) is 5.84. The molecule has 2 aromatic carbocycles. The van der Waals surface area contributed by atoms with E-state index in [0.29, 0.717) is 16.3 Å². The lowest BCUT2D eigenvalue weighted by Crippen LogP contribution is -2.54. The van der Waals surface area contributed by atoms with E-state index in [-0.39, 0.29) is 19.0 Å². The van der Waals surface area contributed by atoms with E-state index in [0.717, 1.165) is 16.7 Å². The number of halogens is 3. The first-order valence-corrected chi connectivity index (χ1v) is 8.59. The fourth-order valence-electron chi connectivity index (χ4n) is 3.59. The van der Waals surface area contributed by atoms with Crippen molar-refractivity contribution in [2.24, 2.45) is 10.7 Å². The van der Waals surface area contributed by atoms with Gasteiger partial charge >= 0.3 is 5.92 Å². The second-order valence-corrected chi connectivity index (χ2v) is 7.07. The van der Waals surface area contributed by atoms with Gasteiger partial charge < -0.3 is 15.2 Å². The molecule has 0 radical (unpaired) electrons. The Morgan fingerprint density at radius 3 is 2.69 bits per heavy atom. The van der Waals surface area contributed by atoms with Crippen LogP contribution >= 0.6 is 11.6 Å². The van der Waals surface area contributed by atoms with Crippen LogP contribution in [0.1, 0.15) is 17.5 Å². The zero-order valence-corrected chi connectivity index (χ0v) is 14.8. The van der Waals surface area contributed by atoms with Crippen molar-refractivity contribution < 1.29 is 18.3 Å². The summed E-state index contributed by atoms with van der Waals surface area (Å²) < 4.78 is 40.2. The Kier molecular flexibility index (Phi) is 3.84. The van der Waals surface area contributed by atoms with Crippen LogP contribution in [0.2, 0.25) is 5.02 Å². The number of hydrogen-bond donors (Lipinski definition) is 1. The summed E-state index contributed by atoms with van der Waals surface area (Å²) in [6, 6.07) is 10.6. The van der Waals surface area contributed by atoms with Crippen LogP contribution in [0, 0.1) is 6.92 Å². The first-order chi connectivity index (χ1) is 12.3. The largest absolute Gasteiger partial charge is 0.493 e. The predicted octanol–water partition coefficient (Wildman–Crippen LogP) is 4.27. The molecule has 1 atom stereocenters. The highest BCUT2D eigenvalue weighted by molar-refractivity contribution is 6.31. The normalized spacial score (nSPS) is 23.6. The molecule has 0 aliphatic carbocycles. The number of aryl methyl sites for hydroxylation is 1. The van der Waals surface area contributed by atoms with Crippen LogP contribution in [0.15, 0.2) is 41.4 Å². The summed E-state index contributed by atoms with van der Waals surface area (Å²) >= 11 is 6.15. The lowest BCUT2D eigenvalue weighted by molar-refractivity contribution is -0.132.